The van der Waals surface area contributed by atoms with Gasteiger partial charge in [0.05, 0.1) is 5.70 Å². The van der Waals surface area contributed by atoms with Gasteiger partial charge in [-0.05, 0) is 12.1 Å². The summed E-state index contributed by atoms with van der Waals surface area (Å²) in [4.78, 5) is 3.93. The van der Waals surface area contributed by atoms with E-state index in [1.165, 1.54) is 11.8 Å². The summed E-state index contributed by atoms with van der Waals surface area (Å²) < 4.78 is 0. The van der Waals surface area contributed by atoms with Crippen LogP contribution in [0.3, 0.4) is 0 Å². The molecule has 0 aliphatic carbocycles. The normalized spacial score (nSPS) is 11.3. The minimum atomic E-state index is 0.561. The zero-order valence-corrected chi connectivity index (χ0v) is 8.13. The molecule has 0 saturated heterocycles. The van der Waals surface area contributed by atoms with Gasteiger partial charge in [-0.3, -0.25) is 4.99 Å². The van der Waals surface area contributed by atoms with Crippen molar-refractivity contribution in [3.05, 3.63) is 41.3 Å². The maximum absolute atomic E-state index is 5.37. The van der Waals surface area contributed by atoms with Crippen LogP contribution >= 0.6 is 11.8 Å². The third-order valence-electron chi connectivity index (χ3n) is 1.53. The molecule has 13 heavy (non-hydrogen) atoms. The van der Waals surface area contributed by atoms with Gasteiger partial charge in [-0.25, -0.2) is 0 Å². The molecule has 68 valence electrons. The highest BCUT2D eigenvalue weighted by Gasteiger charge is 1.95. The predicted octanol–water partition coefficient (Wildman–Crippen LogP) is 2.33. The largest absolute Gasteiger partial charge is 0.322 e. The van der Waals surface area contributed by atoms with Crippen LogP contribution in [0, 0.1) is 0 Å². The van der Waals surface area contributed by atoms with Crippen LogP contribution in [0.25, 0.3) is 5.70 Å². The SMILES string of the molecule is C=N/C(=C\SCN)c1ccccc1. The average molecular weight is 192 g/mol. The lowest BCUT2D eigenvalue weighted by Gasteiger charge is -1.99. The van der Waals surface area contributed by atoms with Crippen LogP contribution in [0.2, 0.25) is 0 Å². The van der Waals surface area contributed by atoms with Crippen LogP contribution in [0.1, 0.15) is 5.56 Å². The summed E-state index contributed by atoms with van der Waals surface area (Å²) >= 11 is 1.52. The van der Waals surface area contributed by atoms with Crippen molar-refractivity contribution in [3.63, 3.8) is 0 Å². The maximum atomic E-state index is 5.37. The lowest BCUT2D eigenvalue weighted by Crippen LogP contribution is -1.89. The first-order valence-electron chi connectivity index (χ1n) is 3.92. The molecule has 0 aliphatic rings. The van der Waals surface area contributed by atoms with Crippen molar-refractivity contribution in [2.24, 2.45) is 10.7 Å². The second kappa shape index (κ2) is 5.56. The Morgan fingerprint density at radius 3 is 2.69 bits per heavy atom. The van der Waals surface area contributed by atoms with Gasteiger partial charge in [0.15, 0.2) is 0 Å². The molecule has 0 radical (unpaired) electrons. The molecule has 0 bridgehead atoms. The molecule has 0 unspecified atom stereocenters. The van der Waals surface area contributed by atoms with Crippen LogP contribution < -0.4 is 5.73 Å². The number of hydrogen-bond acceptors (Lipinski definition) is 3. The topological polar surface area (TPSA) is 38.4 Å². The Morgan fingerprint density at radius 1 is 1.46 bits per heavy atom. The summed E-state index contributed by atoms with van der Waals surface area (Å²) in [7, 11) is 0. The number of thioether (sulfide) groups is 1. The molecular weight excluding hydrogens is 180 g/mol. The second-order valence-corrected chi connectivity index (χ2v) is 3.26. The fourth-order valence-corrected chi connectivity index (χ4v) is 1.40. The standard InChI is InChI=1S/C10H12N2S/c1-12-10(7-13-8-11)9-5-3-2-4-6-9/h2-7H,1,8,11H2/b10-7-. The fourth-order valence-electron chi connectivity index (χ4n) is 0.933. The average Bonchev–Trinajstić information content (AvgIpc) is 2.21. The highest BCUT2D eigenvalue weighted by molar-refractivity contribution is 8.02. The molecule has 2 nitrogen and oxygen atoms in total. The molecule has 1 rings (SSSR count). The zero-order chi connectivity index (χ0) is 9.52. The Labute approximate surface area is 82.6 Å². The lowest BCUT2D eigenvalue weighted by molar-refractivity contribution is 1.41. The Morgan fingerprint density at radius 2 is 2.15 bits per heavy atom. The van der Waals surface area contributed by atoms with Gasteiger partial charge in [-0.2, -0.15) is 0 Å². The monoisotopic (exact) mass is 192 g/mol. The lowest BCUT2D eigenvalue weighted by atomic mass is 10.2. The molecule has 0 fully saturated rings. The number of nitrogens with zero attached hydrogens (tertiary/aromatic N) is 1. The summed E-state index contributed by atoms with van der Waals surface area (Å²) in [5.41, 5.74) is 7.31. The van der Waals surface area contributed by atoms with Crippen molar-refractivity contribution >= 4 is 24.2 Å². The van der Waals surface area contributed by atoms with Gasteiger partial charge in [0.2, 0.25) is 0 Å². The quantitative estimate of drug-likeness (QED) is 0.587. The van der Waals surface area contributed by atoms with E-state index in [2.05, 4.69) is 11.7 Å². The second-order valence-electron chi connectivity index (χ2n) is 2.36. The molecule has 0 spiro atoms. The van der Waals surface area contributed by atoms with E-state index in [0.29, 0.717) is 5.88 Å². The third kappa shape index (κ3) is 3.05. The van der Waals surface area contributed by atoms with Crippen LogP contribution in [0.5, 0.6) is 0 Å². The molecule has 1 aromatic rings. The minimum Gasteiger partial charge on any atom is -0.322 e. The van der Waals surface area contributed by atoms with Gasteiger partial charge in [-0.15, -0.1) is 11.8 Å². The zero-order valence-electron chi connectivity index (χ0n) is 7.31. The summed E-state index contributed by atoms with van der Waals surface area (Å²) in [6.07, 6.45) is 0. The molecule has 0 heterocycles. The Kier molecular flexibility index (Phi) is 4.29. The highest BCUT2D eigenvalue weighted by Crippen LogP contribution is 2.18. The Balaban J connectivity index is 2.84. The number of hydrogen-bond donors (Lipinski definition) is 1. The van der Waals surface area contributed by atoms with E-state index in [1.54, 1.807) is 0 Å². The van der Waals surface area contributed by atoms with Crippen molar-refractivity contribution in [3.8, 4) is 0 Å². The smallest absolute Gasteiger partial charge is 0.0758 e. The van der Waals surface area contributed by atoms with Crippen molar-refractivity contribution in [1.82, 2.24) is 0 Å². The first-order valence-corrected chi connectivity index (χ1v) is 4.97. The molecule has 3 heteroatoms. The van der Waals surface area contributed by atoms with Crippen molar-refractivity contribution in [2.45, 2.75) is 0 Å². The van der Waals surface area contributed by atoms with Crippen molar-refractivity contribution in [2.75, 3.05) is 5.88 Å². The van der Waals surface area contributed by atoms with E-state index in [9.17, 15) is 0 Å². The van der Waals surface area contributed by atoms with Crippen LogP contribution in [-0.4, -0.2) is 12.6 Å². The van der Waals surface area contributed by atoms with Crippen molar-refractivity contribution in [1.29, 1.82) is 0 Å². The van der Waals surface area contributed by atoms with Gasteiger partial charge < -0.3 is 5.73 Å². The van der Waals surface area contributed by atoms with Gasteiger partial charge in [-0.1, -0.05) is 30.3 Å². The van der Waals surface area contributed by atoms with E-state index in [4.69, 9.17) is 5.73 Å². The van der Waals surface area contributed by atoms with Gasteiger partial charge in [0.25, 0.3) is 0 Å². The summed E-state index contributed by atoms with van der Waals surface area (Å²) in [6.45, 7) is 3.52. The van der Waals surface area contributed by atoms with Crippen LogP contribution in [0.4, 0.5) is 0 Å². The molecule has 0 aliphatic heterocycles. The summed E-state index contributed by atoms with van der Waals surface area (Å²) in [6, 6.07) is 9.92. The summed E-state index contributed by atoms with van der Waals surface area (Å²) in [5, 5.41) is 1.92. The Bertz CT molecular complexity index is 293. The van der Waals surface area contributed by atoms with E-state index >= 15 is 0 Å². The van der Waals surface area contributed by atoms with E-state index in [-0.39, 0.29) is 0 Å². The molecule has 0 atom stereocenters. The van der Waals surface area contributed by atoms with Crippen LogP contribution in [-0.2, 0) is 0 Å². The minimum absolute atomic E-state index is 0.561. The highest BCUT2D eigenvalue weighted by atomic mass is 32.2. The number of rotatable bonds is 4. The molecule has 0 saturated carbocycles. The maximum Gasteiger partial charge on any atom is 0.0758 e. The van der Waals surface area contributed by atoms with Gasteiger partial charge in [0.1, 0.15) is 0 Å². The Hall–Kier alpha value is -1.06. The van der Waals surface area contributed by atoms with E-state index < -0.39 is 0 Å². The first kappa shape index (κ1) is 10.0. The van der Waals surface area contributed by atoms with Gasteiger partial charge in [0, 0.05) is 11.4 Å². The molecular formula is C10H12N2S. The van der Waals surface area contributed by atoms with Crippen molar-refractivity contribution < 1.29 is 0 Å². The van der Waals surface area contributed by atoms with E-state index in [1.807, 2.05) is 35.7 Å². The molecule has 0 amide bonds. The number of benzene rings is 1. The molecule has 1 aromatic carbocycles. The fraction of sp³-hybridized carbons (Fsp3) is 0.100. The first-order chi connectivity index (χ1) is 6.38. The number of nitrogens with two attached hydrogens (primary N) is 1. The molecule has 2 N–H and O–H groups in total. The third-order valence-corrected chi connectivity index (χ3v) is 2.11. The van der Waals surface area contributed by atoms with E-state index in [0.717, 1.165) is 11.3 Å². The number of aliphatic imine (C=N–C) groups is 1. The molecule has 0 aromatic heterocycles. The summed E-state index contributed by atoms with van der Waals surface area (Å²) in [5.74, 6) is 0.561. The van der Waals surface area contributed by atoms with Gasteiger partial charge >= 0.3 is 0 Å². The van der Waals surface area contributed by atoms with Crippen LogP contribution in [0.15, 0.2) is 40.7 Å². The predicted molar refractivity (Wildman–Crippen MR) is 60.6 cm³/mol.